The summed E-state index contributed by atoms with van der Waals surface area (Å²) in [7, 11) is 0. The summed E-state index contributed by atoms with van der Waals surface area (Å²) in [6, 6.07) is 2.63. The fourth-order valence-electron chi connectivity index (χ4n) is 5.67. The third kappa shape index (κ3) is 3.48. The average molecular weight is 345 g/mol. The number of amides is 1. The SMILES string of the molecule is CC1(C)CC2CC(C)(CN2C(=O)CCc2cc3n(n2)CCCNC3)C1. The molecular formula is C20H32N4O. The van der Waals surface area contributed by atoms with Crippen LogP contribution in [0.5, 0.6) is 0 Å². The number of likely N-dealkylation sites (tertiary alicyclic amines) is 1. The fraction of sp³-hybridized carbons (Fsp3) is 0.800. The van der Waals surface area contributed by atoms with Crippen LogP contribution in [0, 0.1) is 10.8 Å². The van der Waals surface area contributed by atoms with Crippen LogP contribution in [0.4, 0.5) is 0 Å². The molecule has 2 bridgehead atoms. The van der Waals surface area contributed by atoms with Crippen LogP contribution in [0.15, 0.2) is 6.07 Å². The molecule has 0 radical (unpaired) electrons. The Labute approximate surface area is 151 Å². The maximum Gasteiger partial charge on any atom is 0.223 e. The lowest BCUT2D eigenvalue weighted by atomic mass is 9.65. The van der Waals surface area contributed by atoms with Crippen LogP contribution < -0.4 is 5.32 Å². The van der Waals surface area contributed by atoms with Crippen molar-refractivity contribution in [2.75, 3.05) is 13.1 Å². The predicted octanol–water partition coefficient (Wildman–Crippen LogP) is 2.74. The summed E-state index contributed by atoms with van der Waals surface area (Å²) in [6.45, 7) is 11.0. The summed E-state index contributed by atoms with van der Waals surface area (Å²) in [5.41, 5.74) is 3.01. The molecule has 1 aromatic heterocycles. The van der Waals surface area contributed by atoms with Crippen LogP contribution in [-0.4, -0.2) is 39.7 Å². The average Bonchev–Trinajstić information content (AvgIpc) is 2.93. The molecule has 2 atom stereocenters. The molecule has 1 aromatic rings. The molecule has 4 rings (SSSR count). The van der Waals surface area contributed by atoms with Gasteiger partial charge in [-0.1, -0.05) is 20.8 Å². The third-order valence-corrected chi connectivity index (χ3v) is 6.27. The van der Waals surface area contributed by atoms with Gasteiger partial charge in [0.15, 0.2) is 0 Å². The summed E-state index contributed by atoms with van der Waals surface area (Å²) in [5, 5.41) is 8.15. The lowest BCUT2D eigenvalue weighted by molar-refractivity contribution is -0.132. The Morgan fingerprint density at radius 3 is 3.04 bits per heavy atom. The van der Waals surface area contributed by atoms with E-state index in [-0.39, 0.29) is 0 Å². The first-order chi connectivity index (χ1) is 11.8. The maximum atomic E-state index is 12.9. The number of rotatable bonds is 3. The highest BCUT2D eigenvalue weighted by molar-refractivity contribution is 5.77. The number of hydrogen-bond donors (Lipinski definition) is 1. The number of aromatic nitrogens is 2. The van der Waals surface area contributed by atoms with Crippen molar-refractivity contribution in [2.45, 2.75) is 78.4 Å². The molecular weight excluding hydrogens is 312 g/mol. The van der Waals surface area contributed by atoms with Gasteiger partial charge in [0, 0.05) is 38.5 Å². The van der Waals surface area contributed by atoms with Crippen molar-refractivity contribution in [3.63, 3.8) is 0 Å². The van der Waals surface area contributed by atoms with E-state index in [1.807, 2.05) is 0 Å². The van der Waals surface area contributed by atoms with Crippen LogP contribution in [0.25, 0.3) is 0 Å². The van der Waals surface area contributed by atoms with E-state index in [1.165, 1.54) is 18.5 Å². The highest BCUT2D eigenvalue weighted by Crippen LogP contribution is 2.52. The third-order valence-electron chi connectivity index (χ3n) is 6.27. The van der Waals surface area contributed by atoms with E-state index >= 15 is 0 Å². The highest BCUT2D eigenvalue weighted by Gasteiger charge is 2.50. The van der Waals surface area contributed by atoms with Crippen LogP contribution in [0.1, 0.15) is 64.3 Å². The summed E-state index contributed by atoms with van der Waals surface area (Å²) in [4.78, 5) is 15.1. The number of aryl methyl sites for hydroxylation is 2. The van der Waals surface area contributed by atoms with E-state index in [0.29, 0.717) is 29.2 Å². The second kappa shape index (κ2) is 6.11. The minimum atomic E-state index is 0.319. The first-order valence-corrected chi connectivity index (χ1v) is 9.89. The van der Waals surface area contributed by atoms with Crippen LogP contribution in [0.2, 0.25) is 0 Å². The van der Waals surface area contributed by atoms with Crippen molar-refractivity contribution in [1.82, 2.24) is 20.0 Å². The van der Waals surface area contributed by atoms with Crippen molar-refractivity contribution in [3.05, 3.63) is 17.5 Å². The highest BCUT2D eigenvalue weighted by atomic mass is 16.2. The second-order valence-electron chi connectivity index (χ2n) is 9.62. The molecule has 5 heteroatoms. The van der Waals surface area contributed by atoms with Gasteiger partial charge in [-0.3, -0.25) is 9.48 Å². The lowest BCUT2D eigenvalue weighted by Gasteiger charge is -2.39. The zero-order chi connectivity index (χ0) is 17.7. The number of nitrogens with zero attached hydrogens (tertiary/aromatic N) is 3. The molecule has 0 aromatic carbocycles. The number of nitrogens with one attached hydrogen (secondary N) is 1. The number of hydrogen-bond acceptors (Lipinski definition) is 3. The van der Waals surface area contributed by atoms with Gasteiger partial charge in [-0.05, 0) is 49.1 Å². The quantitative estimate of drug-likeness (QED) is 0.917. The Balaban J connectivity index is 1.38. The largest absolute Gasteiger partial charge is 0.339 e. The van der Waals surface area contributed by atoms with Crippen LogP contribution in [-0.2, 0) is 24.3 Å². The molecule has 1 N–H and O–H groups in total. The molecule has 2 fully saturated rings. The standard InChI is InChI=1S/C20H32N4O/c1-19(2)10-17-11-20(3,13-19)14-23(17)18(25)6-5-15-9-16-12-21-7-4-8-24(16)22-15/h9,17,21H,4-8,10-14H2,1-3H3. The molecule has 1 saturated carbocycles. The number of carbonyl (C=O) groups excluding carboxylic acids is 1. The van der Waals surface area contributed by atoms with Crippen molar-refractivity contribution < 1.29 is 4.79 Å². The van der Waals surface area contributed by atoms with E-state index in [9.17, 15) is 4.79 Å². The summed E-state index contributed by atoms with van der Waals surface area (Å²) >= 11 is 0. The van der Waals surface area contributed by atoms with Gasteiger partial charge in [0.1, 0.15) is 0 Å². The van der Waals surface area contributed by atoms with Gasteiger partial charge >= 0.3 is 0 Å². The van der Waals surface area contributed by atoms with E-state index in [4.69, 9.17) is 5.10 Å². The van der Waals surface area contributed by atoms with E-state index in [0.717, 1.165) is 51.1 Å². The Morgan fingerprint density at radius 2 is 2.20 bits per heavy atom. The normalized spacial score (nSPS) is 30.8. The molecule has 0 spiro atoms. The summed E-state index contributed by atoms with van der Waals surface area (Å²) in [5.74, 6) is 0.327. The molecule has 2 unspecified atom stereocenters. The molecule has 2 aliphatic heterocycles. The van der Waals surface area contributed by atoms with Crippen molar-refractivity contribution >= 4 is 5.91 Å². The van der Waals surface area contributed by atoms with Gasteiger partial charge in [0.25, 0.3) is 0 Å². The Kier molecular flexibility index (Phi) is 4.18. The van der Waals surface area contributed by atoms with Gasteiger partial charge < -0.3 is 10.2 Å². The van der Waals surface area contributed by atoms with E-state index < -0.39 is 0 Å². The van der Waals surface area contributed by atoms with Crippen LogP contribution in [0.3, 0.4) is 0 Å². The molecule has 1 amide bonds. The zero-order valence-corrected chi connectivity index (χ0v) is 16.0. The Morgan fingerprint density at radius 1 is 1.36 bits per heavy atom. The summed E-state index contributed by atoms with van der Waals surface area (Å²) < 4.78 is 2.12. The molecule has 3 aliphatic rings. The van der Waals surface area contributed by atoms with Crippen molar-refractivity contribution in [2.24, 2.45) is 10.8 Å². The van der Waals surface area contributed by atoms with Crippen molar-refractivity contribution in [1.29, 1.82) is 0 Å². The lowest BCUT2D eigenvalue weighted by Crippen LogP contribution is -2.37. The Hall–Kier alpha value is -1.36. The Bertz CT molecular complexity index is 641. The molecule has 138 valence electrons. The number of carbonyl (C=O) groups is 1. The monoisotopic (exact) mass is 344 g/mol. The molecule has 1 aliphatic carbocycles. The van der Waals surface area contributed by atoms with Gasteiger partial charge in [-0.2, -0.15) is 5.10 Å². The molecule has 5 nitrogen and oxygen atoms in total. The minimum Gasteiger partial charge on any atom is -0.339 e. The van der Waals surface area contributed by atoms with Gasteiger partial charge in [-0.15, -0.1) is 0 Å². The van der Waals surface area contributed by atoms with Gasteiger partial charge in [-0.25, -0.2) is 0 Å². The smallest absolute Gasteiger partial charge is 0.223 e. The zero-order valence-electron chi connectivity index (χ0n) is 16.0. The van der Waals surface area contributed by atoms with Crippen LogP contribution >= 0.6 is 0 Å². The maximum absolute atomic E-state index is 12.9. The molecule has 1 saturated heterocycles. The first kappa shape index (κ1) is 17.1. The number of fused-ring (bicyclic) bond motifs is 3. The first-order valence-electron chi connectivity index (χ1n) is 9.89. The minimum absolute atomic E-state index is 0.319. The van der Waals surface area contributed by atoms with Gasteiger partial charge in [0.05, 0.1) is 11.4 Å². The van der Waals surface area contributed by atoms with Gasteiger partial charge in [0.2, 0.25) is 5.91 Å². The topological polar surface area (TPSA) is 50.2 Å². The molecule has 3 heterocycles. The van der Waals surface area contributed by atoms with E-state index in [2.05, 4.69) is 41.7 Å². The molecule has 25 heavy (non-hydrogen) atoms. The van der Waals surface area contributed by atoms with Crippen molar-refractivity contribution in [3.8, 4) is 0 Å². The van der Waals surface area contributed by atoms with E-state index in [1.54, 1.807) is 0 Å². The second-order valence-corrected chi connectivity index (χ2v) is 9.62. The predicted molar refractivity (Wildman–Crippen MR) is 98.1 cm³/mol. The fourth-order valence-corrected chi connectivity index (χ4v) is 5.67. The summed E-state index contributed by atoms with van der Waals surface area (Å²) in [6.07, 6.45) is 6.06.